The van der Waals surface area contributed by atoms with Gasteiger partial charge in [-0.1, -0.05) is 53.6 Å². The molecule has 3 aromatic rings. The second kappa shape index (κ2) is 7.67. The van der Waals surface area contributed by atoms with Gasteiger partial charge in [-0.2, -0.15) is 0 Å². The summed E-state index contributed by atoms with van der Waals surface area (Å²) in [7, 11) is 0. The van der Waals surface area contributed by atoms with Gasteiger partial charge in [0, 0.05) is 5.56 Å². The molecule has 3 aromatic carbocycles. The number of Topliss-reactive ketones (excluding diaryl/α,β-unsaturated/α-hetero) is 1. The molecular weight excluding hydrogens is 360 g/mol. The maximum atomic E-state index is 12.9. The van der Waals surface area contributed by atoms with Crippen LogP contribution in [0, 0.1) is 41.5 Å². The molecule has 0 aliphatic heterocycles. The van der Waals surface area contributed by atoms with Gasteiger partial charge < -0.3 is 5.11 Å². The highest BCUT2D eigenvalue weighted by Crippen LogP contribution is 2.39. The van der Waals surface area contributed by atoms with Crippen LogP contribution in [-0.2, 0) is 4.79 Å². The number of hydrogen-bond acceptors (Lipinski definition) is 2. The van der Waals surface area contributed by atoms with Crippen LogP contribution in [0.4, 0.5) is 0 Å². The highest BCUT2D eigenvalue weighted by Gasteiger charge is 2.26. The number of carboxylic acids is 1. The van der Waals surface area contributed by atoms with Crippen molar-refractivity contribution >= 4 is 11.8 Å². The number of carbonyl (C=O) groups excluding carboxylic acids is 1. The molecule has 3 nitrogen and oxygen atoms in total. The van der Waals surface area contributed by atoms with Gasteiger partial charge in [0.05, 0.1) is 0 Å². The van der Waals surface area contributed by atoms with Crippen molar-refractivity contribution < 1.29 is 14.7 Å². The van der Waals surface area contributed by atoms with Gasteiger partial charge in [0.2, 0.25) is 0 Å². The van der Waals surface area contributed by atoms with Crippen molar-refractivity contribution in [3.8, 4) is 22.3 Å². The van der Waals surface area contributed by atoms with Crippen LogP contribution in [0.2, 0.25) is 0 Å². The van der Waals surface area contributed by atoms with Gasteiger partial charge in [0.25, 0.3) is 5.78 Å². The van der Waals surface area contributed by atoms with E-state index in [1.165, 1.54) is 0 Å². The Morgan fingerprint density at radius 3 is 1.31 bits per heavy atom. The summed E-state index contributed by atoms with van der Waals surface area (Å²) in [6.07, 6.45) is 0. The van der Waals surface area contributed by atoms with Crippen molar-refractivity contribution in [1.29, 1.82) is 0 Å². The van der Waals surface area contributed by atoms with E-state index < -0.39 is 11.8 Å². The predicted molar refractivity (Wildman–Crippen MR) is 118 cm³/mol. The third kappa shape index (κ3) is 3.73. The molecule has 0 aliphatic carbocycles. The van der Waals surface area contributed by atoms with Crippen LogP contribution in [-0.4, -0.2) is 16.9 Å². The van der Waals surface area contributed by atoms with E-state index in [1.54, 1.807) is 0 Å². The summed E-state index contributed by atoms with van der Waals surface area (Å²) < 4.78 is 0. The van der Waals surface area contributed by atoms with Crippen molar-refractivity contribution in [2.24, 2.45) is 0 Å². The number of ketones is 1. The Kier molecular flexibility index (Phi) is 5.43. The molecule has 0 heterocycles. The van der Waals surface area contributed by atoms with Crippen molar-refractivity contribution in [3.63, 3.8) is 0 Å². The maximum Gasteiger partial charge on any atom is 0.377 e. The molecule has 1 N–H and O–H groups in total. The average Bonchev–Trinajstić information content (AvgIpc) is 2.59. The molecule has 0 atom stereocenters. The number of hydrogen-bond donors (Lipinski definition) is 1. The Balaban J connectivity index is 2.45. The lowest BCUT2D eigenvalue weighted by atomic mass is 9.83. The number of aliphatic carboxylic acids is 1. The minimum Gasteiger partial charge on any atom is -0.475 e. The molecular formula is C26H26O3. The van der Waals surface area contributed by atoms with Crippen molar-refractivity contribution in [3.05, 3.63) is 81.4 Å². The lowest BCUT2D eigenvalue weighted by Gasteiger charge is -2.20. The van der Waals surface area contributed by atoms with Gasteiger partial charge in [-0.25, -0.2) is 4.79 Å². The van der Waals surface area contributed by atoms with Crippen molar-refractivity contribution in [1.82, 2.24) is 0 Å². The fourth-order valence-corrected chi connectivity index (χ4v) is 4.53. The Morgan fingerprint density at radius 1 is 0.655 bits per heavy atom. The fraction of sp³-hybridized carbons (Fsp3) is 0.231. The number of carboxylic acid groups (broad SMARTS) is 1. The lowest BCUT2D eigenvalue weighted by molar-refractivity contribution is -0.131. The predicted octanol–water partition coefficient (Wildman–Crippen LogP) is 6.14. The first kappa shape index (κ1) is 20.5. The smallest absolute Gasteiger partial charge is 0.377 e. The lowest BCUT2D eigenvalue weighted by Crippen LogP contribution is -2.16. The van der Waals surface area contributed by atoms with Crippen LogP contribution in [0.1, 0.15) is 43.7 Å². The summed E-state index contributed by atoms with van der Waals surface area (Å²) in [5, 5.41) is 9.59. The zero-order valence-electron chi connectivity index (χ0n) is 17.8. The van der Waals surface area contributed by atoms with E-state index in [0.717, 1.165) is 44.5 Å². The molecule has 0 bridgehead atoms. The molecule has 29 heavy (non-hydrogen) atoms. The average molecular weight is 386 g/mol. The molecule has 3 heteroatoms. The van der Waals surface area contributed by atoms with Gasteiger partial charge in [-0.3, -0.25) is 4.79 Å². The monoisotopic (exact) mass is 386 g/mol. The highest BCUT2D eigenvalue weighted by molar-refractivity contribution is 6.42. The van der Waals surface area contributed by atoms with Gasteiger partial charge in [0.15, 0.2) is 0 Å². The minimum absolute atomic E-state index is 0.255. The second-order valence-corrected chi connectivity index (χ2v) is 7.91. The van der Waals surface area contributed by atoms with Crippen LogP contribution in [0.15, 0.2) is 42.5 Å². The van der Waals surface area contributed by atoms with Crippen LogP contribution >= 0.6 is 0 Å². The normalized spacial score (nSPS) is 10.8. The van der Waals surface area contributed by atoms with Crippen molar-refractivity contribution in [2.75, 3.05) is 0 Å². The van der Waals surface area contributed by atoms with Gasteiger partial charge >= 0.3 is 5.97 Å². The van der Waals surface area contributed by atoms with Gasteiger partial charge in [0.1, 0.15) is 0 Å². The SMILES string of the molecule is Cc1cc(C)c(-c2cccc(-c3c(C)cc(C)cc3C)c2C(=O)C(=O)O)c(C)c1. The molecule has 0 aliphatic rings. The summed E-state index contributed by atoms with van der Waals surface area (Å²) in [6, 6.07) is 13.9. The Labute approximate surface area is 172 Å². The van der Waals surface area contributed by atoms with E-state index in [-0.39, 0.29) is 5.56 Å². The van der Waals surface area contributed by atoms with Gasteiger partial charge in [-0.05, 0) is 86.1 Å². The van der Waals surface area contributed by atoms with E-state index in [0.29, 0.717) is 11.1 Å². The maximum absolute atomic E-state index is 12.9. The number of aryl methyl sites for hydroxylation is 6. The second-order valence-electron chi connectivity index (χ2n) is 7.91. The van der Waals surface area contributed by atoms with Gasteiger partial charge in [-0.15, -0.1) is 0 Å². The zero-order valence-corrected chi connectivity index (χ0v) is 17.8. The molecule has 148 valence electrons. The first-order valence-corrected chi connectivity index (χ1v) is 9.69. The first-order chi connectivity index (χ1) is 13.6. The quantitative estimate of drug-likeness (QED) is 0.433. The fourth-order valence-electron chi connectivity index (χ4n) is 4.53. The highest BCUT2D eigenvalue weighted by atomic mass is 16.4. The zero-order chi connectivity index (χ0) is 21.5. The molecule has 0 saturated heterocycles. The summed E-state index contributed by atoms with van der Waals surface area (Å²) >= 11 is 0. The summed E-state index contributed by atoms with van der Waals surface area (Å²) in [5.41, 5.74) is 9.81. The van der Waals surface area contributed by atoms with Crippen molar-refractivity contribution in [2.45, 2.75) is 41.5 Å². The van der Waals surface area contributed by atoms with E-state index in [4.69, 9.17) is 0 Å². The molecule has 0 unspecified atom stereocenters. The Hall–Kier alpha value is -3.20. The Morgan fingerprint density at radius 2 is 1.00 bits per heavy atom. The third-order valence-electron chi connectivity index (χ3n) is 5.38. The summed E-state index contributed by atoms with van der Waals surface area (Å²) in [5.74, 6) is -2.32. The van der Waals surface area contributed by atoms with E-state index in [2.05, 4.69) is 24.3 Å². The van der Waals surface area contributed by atoms with Crippen LogP contribution in [0.3, 0.4) is 0 Å². The standard InChI is InChI=1S/C26H26O3/c1-14-10-16(3)22(17(4)11-14)20-8-7-9-21(24(20)25(27)26(28)29)23-18(5)12-15(2)13-19(23)6/h7-13H,1-6H3,(H,28,29). The molecule has 0 spiro atoms. The third-order valence-corrected chi connectivity index (χ3v) is 5.38. The molecule has 0 saturated carbocycles. The van der Waals surface area contributed by atoms with E-state index in [1.807, 2.05) is 59.7 Å². The van der Waals surface area contributed by atoms with Crippen LogP contribution < -0.4 is 0 Å². The topological polar surface area (TPSA) is 54.4 Å². The first-order valence-electron chi connectivity index (χ1n) is 9.69. The van der Waals surface area contributed by atoms with E-state index >= 15 is 0 Å². The molecule has 0 aromatic heterocycles. The largest absolute Gasteiger partial charge is 0.475 e. The van der Waals surface area contributed by atoms with Crippen LogP contribution in [0.5, 0.6) is 0 Å². The molecule has 0 radical (unpaired) electrons. The Bertz CT molecular complexity index is 1030. The van der Waals surface area contributed by atoms with Crippen LogP contribution in [0.25, 0.3) is 22.3 Å². The minimum atomic E-state index is -1.44. The summed E-state index contributed by atoms with van der Waals surface area (Å²) in [4.78, 5) is 24.7. The van der Waals surface area contributed by atoms with E-state index in [9.17, 15) is 14.7 Å². The molecule has 0 amide bonds. The molecule has 0 fully saturated rings. The number of carbonyl (C=O) groups is 2. The number of rotatable bonds is 4. The molecule has 3 rings (SSSR count). The number of benzene rings is 3. The summed E-state index contributed by atoms with van der Waals surface area (Å²) in [6.45, 7) is 12.1.